The summed E-state index contributed by atoms with van der Waals surface area (Å²) in [5.74, 6) is 0.818. The molecule has 1 aliphatic rings. The molecule has 3 aromatic rings. The van der Waals surface area contributed by atoms with Gasteiger partial charge in [-0.05, 0) is 49.9 Å². The zero-order valence-corrected chi connectivity index (χ0v) is 20.0. The van der Waals surface area contributed by atoms with Gasteiger partial charge in [0, 0.05) is 27.0 Å². The molecular weight excluding hydrogens is 418 g/mol. The highest BCUT2D eigenvalue weighted by atomic mass is 35.5. The van der Waals surface area contributed by atoms with E-state index in [1.54, 1.807) is 0 Å². The number of rotatable bonds is 9. The van der Waals surface area contributed by atoms with Gasteiger partial charge in [0.1, 0.15) is 12.4 Å². The summed E-state index contributed by atoms with van der Waals surface area (Å²) in [6.45, 7) is 4.83. The van der Waals surface area contributed by atoms with Crippen LogP contribution in [0.4, 0.5) is 0 Å². The molecule has 170 valence electrons. The highest BCUT2D eigenvalue weighted by molar-refractivity contribution is 6.31. The summed E-state index contributed by atoms with van der Waals surface area (Å²) in [4.78, 5) is 4.72. The number of unbranched alkanes of at least 4 members (excludes halogenated alkanes) is 2. The van der Waals surface area contributed by atoms with Crippen molar-refractivity contribution in [1.29, 1.82) is 0 Å². The van der Waals surface area contributed by atoms with E-state index in [9.17, 15) is 5.11 Å². The Hall–Kier alpha value is -2.10. The fourth-order valence-electron chi connectivity index (χ4n) is 5.17. The number of nitrogens with zero attached hydrogens (tertiary/aromatic N) is 1. The Morgan fingerprint density at radius 3 is 2.53 bits per heavy atom. The molecule has 3 nitrogen and oxygen atoms in total. The number of hydrogen-bond acceptors (Lipinski definition) is 3. The van der Waals surface area contributed by atoms with Crippen molar-refractivity contribution in [1.82, 2.24) is 4.98 Å². The van der Waals surface area contributed by atoms with E-state index in [1.165, 1.54) is 0 Å². The third kappa shape index (κ3) is 4.65. The Labute approximate surface area is 196 Å². The zero-order chi connectivity index (χ0) is 22.6. The predicted molar refractivity (Wildman–Crippen MR) is 132 cm³/mol. The lowest BCUT2D eigenvalue weighted by Gasteiger charge is -2.44. The monoisotopic (exact) mass is 451 g/mol. The molecule has 0 aliphatic heterocycles. The topological polar surface area (TPSA) is 42.4 Å². The largest absolute Gasteiger partial charge is 0.487 e. The Morgan fingerprint density at radius 2 is 1.78 bits per heavy atom. The maximum absolute atomic E-state index is 11.6. The van der Waals surface area contributed by atoms with Crippen LogP contribution in [0.3, 0.4) is 0 Å². The summed E-state index contributed by atoms with van der Waals surface area (Å²) in [5, 5.41) is 13.4. The summed E-state index contributed by atoms with van der Waals surface area (Å²) in [5.41, 5.74) is 3.73. The van der Waals surface area contributed by atoms with Gasteiger partial charge in [-0.25, -0.2) is 4.98 Å². The van der Waals surface area contributed by atoms with Gasteiger partial charge in [0.15, 0.2) is 0 Å². The first-order valence-electron chi connectivity index (χ1n) is 12.0. The SMILES string of the molecule is CCCCC1(CCCC)CCc2c(OCc3ccc4ccccc4n3)ccc(Cl)c2C1O. The van der Waals surface area contributed by atoms with Crippen molar-refractivity contribution < 1.29 is 9.84 Å². The lowest BCUT2D eigenvalue weighted by Crippen LogP contribution is -2.34. The van der Waals surface area contributed by atoms with Crippen molar-refractivity contribution in [2.45, 2.75) is 77.9 Å². The number of aromatic nitrogens is 1. The quantitative estimate of drug-likeness (QED) is 0.360. The molecule has 1 aromatic heterocycles. The molecule has 0 bridgehead atoms. The van der Waals surface area contributed by atoms with Crippen molar-refractivity contribution in [2.75, 3.05) is 0 Å². The van der Waals surface area contributed by atoms with E-state index in [4.69, 9.17) is 21.3 Å². The average molecular weight is 452 g/mol. The number of aliphatic hydroxyl groups is 1. The molecule has 1 aliphatic carbocycles. The van der Waals surface area contributed by atoms with E-state index >= 15 is 0 Å². The van der Waals surface area contributed by atoms with Crippen LogP contribution in [-0.2, 0) is 13.0 Å². The van der Waals surface area contributed by atoms with E-state index in [0.29, 0.717) is 11.6 Å². The van der Waals surface area contributed by atoms with Crippen molar-refractivity contribution in [3.05, 3.63) is 70.4 Å². The number of fused-ring (bicyclic) bond motifs is 2. The van der Waals surface area contributed by atoms with Crippen LogP contribution >= 0.6 is 11.6 Å². The third-order valence-corrected chi connectivity index (χ3v) is 7.40. The van der Waals surface area contributed by atoms with E-state index in [2.05, 4.69) is 26.0 Å². The molecule has 2 aromatic carbocycles. The van der Waals surface area contributed by atoms with Gasteiger partial charge in [-0.15, -0.1) is 0 Å². The average Bonchev–Trinajstić information content (AvgIpc) is 2.82. The van der Waals surface area contributed by atoms with Gasteiger partial charge in [-0.1, -0.05) is 75.4 Å². The summed E-state index contributed by atoms with van der Waals surface area (Å²) in [6, 6.07) is 16.0. The number of halogens is 1. The second-order valence-electron chi connectivity index (χ2n) is 9.19. The van der Waals surface area contributed by atoms with Crippen LogP contribution in [0.1, 0.15) is 81.7 Å². The Bertz CT molecular complexity index is 1060. The van der Waals surface area contributed by atoms with Crippen LogP contribution in [0.15, 0.2) is 48.5 Å². The number of aliphatic hydroxyl groups excluding tert-OH is 1. The van der Waals surface area contributed by atoms with E-state index < -0.39 is 6.10 Å². The molecule has 4 rings (SSSR count). The Balaban J connectivity index is 1.59. The Morgan fingerprint density at radius 1 is 1.03 bits per heavy atom. The first-order valence-corrected chi connectivity index (χ1v) is 12.4. The molecule has 0 radical (unpaired) electrons. The molecule has 1 atom stereocenters. The molecule has 0 saturated heterocycles. The van der Waals surface area contributed by atoms with Crippen molar-refractivity contribution in [3.8, 4) is 5.75 Å². The van der Waals surface area contributed by atoms with Crippen LogP contribution in [0.2, 0.25) is 5.02 Å². The van der Waals surface area contributed by atoms with Gasteiger partial charge in [-0.2, -0.15) is 0 Å². The fraction of sp³-hybridized carbons (Fsp3) is 0.464. The maximum Gasteiger partial charge on any atom is 0.130 e. The molecule has 0 saturated carbocycles. The van der Waals surface area contributed by atoms with Crippen LogP contribution in [0.5, 0.6) is 5.75 Å². The number of pyridine rings is 1. The second kappa shape index (κ2) is 10.2. The highest BCUT2D eigenvalue weighted by Crippen LogP contribution is 2.53. The minimum Gasteiger partial charge on any atom is -0.487 e. The first-order chi connectivity index (χ1) is 15.6. The molecule has 1 N–H and O–H groups in total. The summed E-state index contributed by atoms with van der Waals surface area (Å²) >= 11 is 6.66. The van der Waals surface area contributed by atoms with Gasteiger partial charge in [0.25, 0.3) is 0 Å². The normalized spacial score (nSPS) is 17.3. The number of para-hydroxylation sites is 1. The second-order valence-corrected chi connectivity index (χ2v) is 9.60. The van der Waals surface area contributed by atoms with E-state index in [0.717, 1.165) is 84.8 Å². The first kappa shape index (κ1) is 23.1. The molecular formula is C28H34ClNO2. The van der Waals surface area contributed by atoms with E-state index in [1.807, 2.05) is 36.4 Å². The van der Waals surface area contributed by atoms with Crippen molar-refractivity contribution in [3.63, 3.8) is 0 Å². The van der Waals surface area contributed by atoms with Gasteiger partial charge in [0.05, 0.1) is 17.3 Å². The maximum atomic E-state index is 11.6. The van der Waals surface area contributed by atoms with Crippen molar-refractivity contribution >= 4 is 22.5 Å². The smallest absolute Gasteiger partial charge is 0.130 e. The van der Waals surface area contributed by atoms with Gasteiger partial charge in [-0.3, -0.25) is 0 Å². The number of hydrogen-bond donors (Lipinski definition) is 1. The zero-order valence-electron chi connectivity index (χ0n) is 19.2. The highest BCUT2D eigenvalue weighted by Gasteiger charge is 2.43. The van der Waals surface area contributed by atoms with Gasteiger partial charge >= 0.3 is 0 Å². The van der Waals surface area contributed by atoms with Crippen LogP contribution in [0, 0.1) is 5.41 Å². The summed E-state index contributed by atoms with van der Waals surface area (Å²) in [6.07, 6.45) is 7.98. The predicted octanol–water partition coefficient (Wildman–Crippen LogP) is 7.81. The fourth-order valence-corrected chi connectivity index (χ4v) is 5.45. The molecule has 1 heterocycles. The molecule has 4 heteroatoms. The van der Waals surface area contributed by atoms with Crippen molar-refractivity contribution in [2.24, 2.45) is 5.41 Å². The minimum absolute atomic E-state index is 0.0822. The standard InChI is InChI=1S/C28H34ClNO2/c1-3-5-16-28(17-6-4-2)18-15-22-25(14-13-23(29)26(22)27(28)31)32-19-21-12-11-20-9-7-8-10-24(20)30-21/h7-14,27,31H,3-6,15-19H2,1-2H3. The summed E-state index contributed by atoms with van der Waals surface area (Å²) < 4.78 is 6.24. The number of benzene rings is 2. The van der Waals surface area contributed by atoms with Gasteiger partial charge < -0.3 is 9.84 Å². The van der Waals surface area contributed by atoms with Crippen LogP contribution in [-0.4, -0.2) is 10.1 Å². The van der Waals surface area contributed by atoms with Crippen LogP contribution in [0.25, 0.3) is 10.9 Å². The molecule has 32 heavy (non-hydrogen) atoms. The number of ether oxygens (including phenoxy) is 1. The van der Waals surface area contributed by atoms with E-state index in [-0.39, 0.29) is 5.41 Å². The molecule has 0 amide bonds. The minimum atomic E-state index is -0.542. The Kier molecular flexibility index (Phi) is 7.37. The molecule has 0 spiro atoms. The summed E-state index contributed by atoms with van der Waals surface area (Å²) in [7, 11) is 0. The van der Waals surface area contributed by atoms with Gasteiger partial charge in [0.2, 0.25) is 0 Å². The van der Waals surface area contributed by atoms with Crippen LogP contribution < -0.4 is 4.74 Å². The third-order valence-electron chi connectivity index (χ3n) is 7.08. The lowest BCUT2D eigenvalue weighted by molar-refractivity contribution is -0.0102. The molecule has 1 unspecified atom stereocenters. The lowest BCUT2D eigenvalue weighted by atomic mass is 9.64. The molecule has 0 fully saturated rings.